The number of aromatic amines is 1. The van der Waals surface area contributed by atoms with Crippen molar-refractivity contribution in [2.45, 2.75) is 39.0 Å². The summed E-state index contributed by atoms with van der Waals surface area (Å²) < 4.78 is 0. The van der Waals surface area contributed by atoms with Gasteiger partial charge in [-0.3, -0.25) is 5.10 Å². The Labute approximate surface area is 84.1 Å². The number of H-pyrrole nitrogens is 1. The SMILES string of the molecule is CC1CCc2[nH]nc(C(C)C#N)c2C1. The van der Waals surface area contributed by atoms with Crippen LogP contribution in [0.5, 0.6) is 0 Å². The van der Waals surface area contributed by atoms with E-state index < -0.39 is 0 Å². The van der Waals surface area contributed by atoms with E-state index >= 15 is 0 Å². The minimum absolute atomic E-state index is 0.0831. The van der Waals surface area contributed by atoms with Crippen LogP contribution in [-0.2, 0) is 12.8 Å². The van der Waals surface area contributed by atoms with Gasteiger partial charge in [0.2, 0.25) is 0 Å². The van der Waals surface area contributed by atoms with Crippen LogP contribution < -0.4 is 0 Å². The van der Waals surface area contributed by atoms with Crippen molar-refractivity contribution in [3.05, 3.63) is 17.0 Å². The van der Waals surface area contributed by atoms with Gasteiger partial charge in [-0.15, -0.1) is 0 Å². The average Bonchev–Trinajstić information content (AvgIpc) is 2.59. The van der Waals surface area contributed by atoms with Gasteiger partial charge < -0.3 is 0 Å². The molecule has 1 aliphatic carbocycles. The zero-order valence-corrected chi connectivity index (χ0v) is 8.67. The highest BCUT2D eigenvalue weighted by Gasteiger charge is 2.23. The Balaban J connectivity index is 2.36. The van der Waals surface area contributed by atoms with E-state index in [4.69, 9.17) is 5.26 Å². The molecule has 0 fully saturated rings. The minimum Gasteiger partial charge on any atom is -0.282 e. The minimum atomic E-state index is -0.0831. The summed E-state index contributed by atoms with van der Waals surface area (Å²) in [7, 11) is 0. The molecular weight excluding hydrogens is 174 g/mol. The Kier molecular flexibility index (Phi) is 2.28. The molecule has 1 aromatic heterocycles. The van der Waals surface area contributed by atoms with Gasteiger partial charge in [-0.1, -0.05) is 6.92 Å². The number of fused-ring (bicyclic) bond motifs is 1. The van der Waals surface area contributed by atoms with Crippen molar-refractivity contribution >= 4 is 0 Å². The van der Waals surface area contributed by atoms with Crippen LogP contribution in [0.15, 0.2) is 0 Å². The van der Waals surface area contributed by atoms with E-state index in [2.05, 4.69) is 23.2 Å². The van der Waals surface area contributed by atoms with E-state index in [0.717, 1.165) is 24.5 Å². The van der Waals surface area contributed by atoms with Crippen molar-refractivity contribution in [3.63, 3.8) is 0 Å². The molecular formula is C11H15N3. The number of hydrogen-bond acceptors (Lipinski definition) is 2. The fourth-order valence-electron chi connectivity index (χ4n) is 2.11. The number of nitriles is 1. The van der Waals surface area contributed by atoms with E-state index in [9.17, 15) is 0 Å². The van der Waals surface area contributed by atoms with Crippen molar-refractivity contribution in [3.8, 4) is 6.07 Å². The van der Waals surface area contributed by atoms with Crippen LogP contribution in [0.2, 0.25) is 0 Å². The first-order chi connectivity index (χ1) is 6.72. The second-order valence-corrected chi connectivity index (χ2v) is 4.26. The van der Waals surface area contributed by atoms with E-state index in [1.54, 1.807) is 0 Å². The van der Waals surface area contributed by atoms with Gasteiger partial charge in [0.25, 0.3) is 0 Å². The molecule has 0 saturated heterocycles. The number of aromatic nitrogens is 2. The van der Waals surface area contributed by atoms with Crippen LogP contribution in [0, 0.1) is 17.2 Å². The van der Waals surface area contributed by atoms with Gasteiger partial charge in [0.1, 0.15) is 0 Å². The fourth-order valence-corrected chi connectivity index (χ4v) is 2.11. The Morgan fingerprint density at radius 3 is 3.14 bits per heavy atom. The first-order valence-corrected chi connectivity index (χ1v) is 5.18. The van der Waals surface area contributed by atoms with Crippen LogP contribution >= 0.6 is 0 Å². The highest BCUT2D eigenvalue weighted by atomic mass is 15.1. The fraction of sp³-hybridized carbons (Fsp3) is 0.636. The molecule has 0 saturated carbocycles. The molecule has 0 spiro atoms. The molecule has 3 heteroatoms. The van der Waals surface area contributed by atoms with E-state index in [0.29, 0.717) is 0 Å². The largest absolute Gasteiger partial charge is 0.282 e. The molecule has 74 valence electrons. The Morgan fingerprint density at radius 2 is 2.43 bits per heavy atom. The Hall–Kier alpha value is -1.30. The normalized spacial score (nSPS) is 22.5. The standard InChI is InChI=1S/C11H15N3/c1-7-3-4-10-9(5-7)11(14-13-10)8(2)6-12/h7-8H,3-5H2,1-2H3,(H,13,14). The lowest BCUT2D eigenvalue weighted by Crippen LogP contribution is -2.11. The van der Waals surface area contributed by atoms with E-state index in [1.165, 1.54) is 17.7 Å². The maximum atomic E-state index is 8.87. The lowest BCUT2D eigenvalue weighted by Gasteiger charge is -2.18. The summed E-state index contributed by atoms with van der Waals surface area (Å²) in [5.74, 6) is 0.644. The van der Waals surface area contributed by atoms with Gasteiger partial charge in [-0.2, -0.15) is 10.4 Å². The average molecular weight is 189 g/mol. The molecule has 2 atom stereocenters. The number of nitrogens with zero attached hydrogens (tertiary/aromatic N) is 2. The topological polar surface area (TPSA) is 52.5 Å². The van der Waals surface area contributed by atoms with Crippen LogP contribution in [0.25, 0.3) is 0 Å². The molecule has 1 heterocycles. The summed E-state index contributed by atoms with van der Waals surface area (Å²) in [5, 5.41) is 16.2. The first kappa shape index (κ1) is 9.26. The van der Waals surface area contributed by atoms with Crippen LogP contribution in [-0.4, -0.2) is 10.2 Å². The zero-order valence-electron chi connectivity index (χ0n) is 8.67. The van der Waals surface area contributed by atoms with Crippen molar-refractivity contribution in [2.75, 3.05) is 0 Å². The summed E-state index contributed by atoms with van der Waals surface area (Å²) in [6, 6.07) is 2.25. The van der Waals surface area contributed by atoms with E-state index in [-0.39, 0.29) is 5.92 Å². The Bertz CT molecular complexity index is 372. The summed E-state index contributed by atoms with van der Waals surface area (Å²) in [4.78, 5) is 0. The highest BCUT2D eigenvalue weighted by Crippen LogP contribution is 2.29. The van der Waals surface area contributed by atoms with Gasteiger partial charge in [-0.05, 0) is 37.7 Å². The van der Waals surface area contributed by atoms with E-state index in [1.807, 2.05) is 6.92 Å². The summed E-state index contributed by atoms with van der Waals surface area (Å²) in [6.45, 7) is 4.17. The molecule has 1 aliphatic rings. The predicted molar refractivity (Wildman–Crippen MR) is 53.8 cm³/mol. The molecule has 0 aromatic carbocycles. The number of nitrogens with one attached hydrogen (secondary N) is 1. The van der Waals surface area contributed by atoms with Crippen molar-refractivity contribution in [2.24, 2.45) is 5.92 Å². The molecule has 0 radical (unpaired) electrons. The number of aryl methyl sites for hydroxylation is 1. The van der Waals surface area contributed by atoms with Gasteiger partial charge in [0, 0.05) is 5.69 Å². The third kappa shape index (κ3) is 1.41. The summed E-state index contributed by atoms with van der Waals surface area (Å²) in [5.41, 5.74) is 3.52. The second kappa shape index (κ2) is 3.45. The van der Waals surface area contributed by atoms with Crippen LogP contribution in [0.1, 0.15) is 43.1 Å². The lowest BCUT2D eigenvalue weighted by molar-refractivity contribution is 0.495. The molecule has 0 bridgehead atoms. The lowest BCUT2D eigenvalue weighted by atomic mass is 9.86. The maximum Gasteiger partial charge on any atom is 0.0878 e. The van der Waals surface area contributed by atoms with Gasteiger partial charge in [-0.25, -0.2) is 0 Å². The molecule has 1 N–H and O–H groups in total. The Morgan fingerprint density at radius 1 is 1.64 bits per heavy atom. The molecule has 0 amide bonds. The zero-order chi connectivity index (χ0) is 10.1. The third-order valence-electron chi connectivity index (χ3n) is 3.03. The summed E-state index contributed by atoms with van der Waals surface area (Å²) >= 11 is 0. The molecule has 2 rings (SSSR count). The second-order valence-electron chi connectivity index (χ2n) is 4.26. The van der Waals surface area contributed by atoms with Gasteiger partial charge in [0.15, 0.2) is 0 Å². The maximum absolute atomic E-state index is 8.87. The predicted octanol–water partition coefficient (Wildman–Crippen LogP) is 2.16. The van der Waals surface area contributed by atoms with Crippen molar-refractivity contribution in [1.82, 2.24) is 10.2 Å². The first-order valence-electron chi connectivity index (χ1n) is 5.18. The van der Waals surface area contributed by atoms with Crippen LogP contribution in [0.4, 0.5) is 0 Å². The number of hydrogen-bond donors (Lipinski definition) is 1. The molecule has 1 aromatic rings. The monoisotopic (exact) mass is 189 g/mol. The molecule has 2 unspecified atom stereocenters. The van der Waals surface area contributed by atoms with Gasteiger partial charge >= 0.3 is 0 Å². The quantitative estimate of drug-likeness (QED) is 0.736. The molecule has 0 aliphatic heterocycles. The van der Waals surface area contributed by atoms with Crippen molar-refractivity contribution < 1.29 is 0 Å². The van der Waals surface area contributed by atoms with Crippen LogP contribution in [0.3, 0.4) is 0 Å². The van der Waals surface area contributed by atoms with Crippen molar-refractivity contribution in [1.29, 1.82) is 5.26 Å². The smallest absolute Gasteiger partial charge is 0.0878 e. The highest BCUT2D eigenvalue weighted by molar-refractivity contribution is 5.32. The molecule has 3 nitrogen and oxygen atoms in total. The molecule has 14 heavy (non-hydrogen) atoms. The number of rotatable bonds is 1. The summed E-state index contributed by atoms with van der Waals surface area (Å²) in [6.07, 6.45) is 3.39. The third-order valence-corrected chi connectivity index (χ3v) is 3.03. The van der Waals surface area contributed by atoms with Gasteiger partial charge in [0.05, 0.1) is 17.7 Å².